The van der Waals surface area contributed by atoms with Crippen LogP contribution in [-0.2, 0) is 4.79 Å². The number of carboxylic acids is 1. The van der Waals surface area contributed by atoms with Crippen LogP contribution in [0.5, 0.6) is 5.75 Å². The molecule has 0 fully saturated rings. The first-order valence-electron chi connectivity index (χ1n) is 4.61. The van der Waals surface area contributed by atoms with E-state index in [4.69, 9.17) is 15.6 Å². The van der Waals surface area contributed by atoms with Crippen molar-refractivity contribution < 1.29 is 14.6 Å². The lowest BCUT2D eigenvalue weighted by atomic mass is 9.97. The van der Waals surface area contributed by atoms with Crippen LogP contribution in [0.3, 0.4) is 0 Å². The standard InChI is InChI=1S/C11H15NO3/c1-6-7(2)9(15-3)5-4-8(6)10(12)11(13)14/h4-5,10H,12H2,1-3H3,(H,13,14)/t10-/m1/s1. The Morgan fingerprint density at radius 2 is 2.00 bits per heavy atom. The number of rotatable bonds is 3. The molecule has 0 heterocycles. The Hall–Kier alpha value is -1.55. The van der Waals surface area contributed by atoms with Crippen molar-refractivity contribution in [2.45, 2.75) is 19.9 Å². The summed E-state index contributed by atoms with van der Waals surface area (Å²) in [5, 5.41) is 8.82. The van der Waals surface area contributed by atoms with Gasteiger partial charge in [-0.3, -0.25) is 4.79 Å². The second-order valence-electron chi connectivity index (χ2n) is 3.42. The summed E-state index contributed by atoms with van der Waals surface area (Å²) >= 11 is 0. The van der Waals surface area contributed by atoms with Crippen molar-refractivity contribution in [2.75, 3.05) is 7.11 Å². The summed E-state index contributed by atoms with van der Waals surface area (Å²) < 4.78 is 5.13. The van der Waals surface area contributed by atoms with Crippen LogP contribution in [0.25, 0.3) is 0 Å². The van der Waals surface area contributed by atoms with Gasteiger partial charge in [-0.25, -0.2) is 0 Å². The Morgan fingerprint density at radius 3 is 2.47 bits per heavy atom. The molecule has 0 bridgehead atoms. The Morgan fingerprint density at radius 1 is 1.40 bits per heavy atom. The third-order valence-corrected chi connectivity index (χ3v) is 2.60. The average molecular weight is 209 g/mol. The maximum atomic E-state index is 10.8. The number of aliphatic carboxylic acids is 1. The number of hydrogen-bond acceptors (Lipinski definition) is 3. The van der Waals surface area contributed by atoms with Crippen LogP contribution in [0.4, 0.5) is 0 Å². The highest BCUT2D eigenvalue weighted by Crippen LogP contribution is 2.26. The minimum absolute atomic E-state index is 0.626. The molecule has 0 saturated carbocycles. The predicted octanol–water partition coefficient (Wildman–Crippen LogP) is 1.40. The lowest BCUT2D eigenvalue weighted by Gasteiger charge is -2.15. The molecule has 0 saturated heterocycles. The molecular formula is C11H15NO3. The Balaban J connectivity index is 3.23. The molecule has 3 N–H and O–H groups in total. The number of methoxy groups -OCH3 is 1. The molecule has 4 nitrogen and oxygen atoms in total. The molecule has 0 radical (unpaired) electrons. The lowest BCUT2D eigenvalue weighted by molar-refractivity contribution is -0.138. The van der Waals surface area contributed by atoms with Crippen molar-refractivity contribution in [1.82, 2.24) is 0 Å². The minimum atomic E-state index is -1.03. The monoisotopic (exact) mass is 209 g/mol. The molecule has 0 amide bonds. The molecule has 1 atom stereocenters. The van der Waals surface area contributed by atoms with Crippen molar-refractivity contribution in [1.29, 1.82) is 0 Å². The van der Waals surface area contributed by atoms with E-state index in [0.717, 1.165) is 16.9 Å². The topological polar surface area (TPSA) is 72.5 Å². The third-order valence-electron chi connectivity index (χ3n) is 2.60. The first-order valence-corrected chi connectivity index (χ1v) is 4.61. The first-order chi connectivity index (χ1) is 6.99. The molecule has 82 valence electrons. The van der Waals surface area contributed by atoms with E-state index in [0.29, 0.717) is 5.56 Å². The van der Waals surface area contributed by atoms with E-state index >= 15 is 0 Å². The highest BCUT2D eigenvalue weighted by atomic mass is 16.5. The van der Waals surface area contributed by atoms with Gasteiger partial charge in [-0.05, 0) is 36.6 Å². The smallest absolute Gasteiger partial charge is 0.325 e. The summed E-state index contributed by atoms with van der Waals surface area (Å²) in [6.07, 6.45) is 0. The van der Waals surface area contributed by atoms with Gasteiger partial charge in [0.2, 0.25) is 0 Å². The average Bonchev–Trinajstić information content (AvgIpc) is 2.21. The summed E-state index contributed by atoms with van der Waals surface area (Å²) in [6.45, 7) is 3.72. The normalized spacial score (nSPS) is 12.3. The number of benzene rings is 1. The quantitative estimate of drug-likeness (QED) is 0.789. The van der Waals surface area contributed by atoms with Gasteiger partial charge in [-0.15, -0.1) is 0 Å². The molecule has 1 aromatic carbocycles. The van der Waals surface area contributed by atoms with Crippen LogP contribution in [0.1, 0.15) is 22.7 Å². The second kappa shape index (κ2) is 4.31. The van der Waals surface area contributed by atoms with E-state index < -0.39 is 12.0 Å². The summed E-state index contributed by atoms with van der Waals surface area (Å²) in [5.41, 5.74) is 7.97. The van der Waals surface area contributed by atoms with Crippen molar-refractivity contribution in [3.63, 3.8) is 0 Å². The molecule has 0 aliphatic carbocycles. The molecule has 1 aromatic rings. The minimum Gasteiger partial charge on any atom is -0.496 e. The second-order valence-corrected chi connectivity index (χ2v) is 3.42. The Kier molecular flexibility index (Phi) is 3.31. The highest BCUT2D eigenvalue weighted by Gasteiger charge is 2.18. The van der Waals surface area contributed by atoms with Crippen molar-refractivity contribution in [2.24, 2.45) is 5.73 Å². The van der Waals surface area contributed by atoms with E-state index in [-0.39, 0.29) is 0 Å². The van der Waals surface area contributed by atoms with Crippen molar-refractivity contribution >= 4 is 5.97 Å². The van der Waals surface area contributed by atoms with E-state index in [1.165, 1.54) is 0 Å². The van der Waals surface area contributed by atoms with Gasteiger partial charge in [0.05, 0.1) is 7.11 Å². The molecule has 0 aliphatic heterocycles. The van der Waals surface area contributed by atoms with Gasteiger partial charge < -0.3 is 15.6 Å². The largest absolute Gasteiger partial charge is 0.496 e. The third kappa shape index (κ3) is 2.10. The van der Waals surface area contributed by atoms with E-state index in [2.05, 4.69) is 0 Å². The van der Waals surface area contributed by atoms with Crippen LogP contribution in [0.2, 0.25) is 0 Å². The van der Waals surface area contributed by atoms with Gasteiger partial charge >= 0.3 is 5.97 Å². The maximum Gasteiger partial charge on any atom is 0.325 e. The predicted molar refractivity (Wildman–Crippen MR) is 57.0 cm³/mol. The number of ether oxygens (including phenoxy) is 1. The zero-order valence-corrected chi connectivity index (χ0v) is 9.07. The summed E-state index contributed by atoms with van der Waals surface area (Å²) in [4.78, 5) is 10.8. The highest BCUT2D eigenvalue weighted by molar-refractivity contribution is 5.76. The number of nitrogens with two attached hydrogens (primary N) is 1. The van der Waals surface area contributed by atoms with Gasteiger partial charge in [-0.2, -0.15) is 0 Å². The van der Waals surface area contributed by atoms with Crippen LogP contribution in [0, 0.1) is 13.8 Å². The van der Waals surface area contributed by atoms with E-state index in [1.807, 2.05) is 13.8 Å². The summed E-state index contributed by atoms with van der Waals surface area (Å²) in [7, 11) is 1.58. The zero-order valence-electron chi connectivity index (χ0n) is 9.07. The van der Waals surface area contributed by atoms with Gasteiger partial charge in [0.15, 0.2) is 0 Å². The number of carbonyl (C=O) groups is 1. The number of carboxylic acid groups (broad SMARTS) is 1. The zero-order chi connectivity index (χ0) is 11.6. The van der Waals surface area contributed by atoms with Crippen LogP contribution >= 0.6 is 0 Å². The fourth-order valence-corrected chi connectivity index (χ4v) is 1.51. The maximum absolute atomic E-state index is 10.8. The van der Waals surface area contributed by atoms with E-state index in [9.17, 15) is 4.79 Å². The molecule has 0 aliphatic rings. The Labute approximate surface area is 88.7 Å². The fraction of sp³-hybridized carbons (Fsp3) is 0.364. The van der Waals surface area contributed by atoms with Crippen molar-refractivity contribution in [3.8, 4) is 5.75 Å². The number of hydrogen-bond donors (Lipinski definition) is 2. The van der Waals surface area contributed by atoms with Crippen LogP contribution in [0.15, 0.2) is 12.1 Å². The molecule has 0 unspecified atom stereocenters. The summed E-state index contributed by atoms with van der Waals surface area (Å²) in [6, 6.07) is 2.45. The molecule has 1 rings (SSSR count). The first kappa shape index (κ1) is 11.5. The molecule has 4 heteroatoms. The lowest BCUT2D eigenvalue weighted by Crippen LogP contribution is -2.21. The van der Waals surface area contributed by atoms with Crippen molar-refractivity contribution in [3.05, 3.63) is 28.8 Å². The molecule has 15 heavy (non-hydrogen) atoms. The van der Waals surface area contributed by atoms with Crippen LogP contribution in [-0.4, -0.2) is 18.2 Å². The SMILES string of the molecule is COc1ccc([C@@H](N)C(=O)O)c(C)c1C. The summed E-state index contributed by atoms with van der Waals surface area (Å²) in [5.74, 6) is -0.281. The molecule has 0 spiro atoms. The van der Waals surface area contributed by atoms with Gasteiger partial charge in [0.25, 0.3) is 0 Å². The Bertz CT molecular complexity index is 388. The van der Waals surface area contributed by atoms with E-state index in [1.54, 1.807) is 19.2 Å². The fourth-order valence-electron chi connectivity index (χ4n) is 1.51. The molecular weight excluding hydrogens is 194 g/mol. The van der Waals surface area contributed by atoms with Gasteiger partial charge in [0, 0.05) is 0 Å². The molecule has 0 aromatic heterocycles. The van der Waals surface area contributed by atoms with Gasteiger partial charge in [-0.1, -0.05) is 6.07 Å². The van der Waals surface area contributed by atoms with Crippen LogP contribution < -0.4 is 10.5 Å². The van der Waals surface area contributed by atoms with Gasteiger partial charge in [0.1, 0.15) is 11.8 Å².